The Morgan fingerprint density at radius 3 is 2.63 bits per heavy atom. The summed E-state index contributed by atoms with van der Waals surface area (Å²) in [5, 5.41) is 0. The van der Waals surface area contributed by atoms with E-state index in [2.05, 4.69) is 0 Å². The van der Waals surface area contributed by atoms with Crippen LogP contribution in [0.2, 0.25) is 0 Å². The average Bonchev–Trinajstić information content (AvgIpc) is 2.30. The number of rotatable bonds is 5. The Kier molecular flexibility index (Phi) is 5.50. The van der Waals surface area contributed by atoms with Crippen LogP contribution in [0.4, 0.5) is 0 Å². The summed E-state index contributed by atoms with van der Waals surface area (Å²) < 4.78 is 16.0. The van der Waals surface area contributed by atoms with Gasteiger partial charge in [0.15, 0.2) is 11.2 Å². The maximum Gasteiger partial charge on any atom is 0.322 e. The van der Waals surface area contributed by atoms with Crippen LogP contribution in [0.1, 0.15) is 40.5 Å². The Balaban J connectivity index is 2.74. The maximum absolute atomic E-state index is 12.2. The van der Waals surface area contributed by atoms with Crippen molar-refractivity contribution in [3.8, 4) is 0 Å². The zero-order valence-corrected chi connectivity index (χ0v) is 12.3. The van der Waals surface area contributed by atoms with E-state index in [0.717, 1.165) is 0 Å². The van der Waals surface area contributed by atoms with E-state index in [0.29, 0.717) is 19.6 Å². The summed E-state index contributed by atoms with van der Waals surface area (Å²) in [6, 6.07) is 0. The first-order valence-corrected chi connectivity index (χ1v) is 6.74. The van der Waals surface area contributed by atoms with Crippen molar-refractivity contribution in [2.75, 3.05) is 26.4 Å². The van der Waals surface area contributed by atoms with Crippen molar-refractivity contribution in [1.82, 2.24) is 0 Å². The number of esters is 1. The minimum Gasteiger partial charge on any atom is -0.465 e. The molecule has 0 bridgehead atoms. The van der Waals surface area contributed by atoms with E-state index in [9.17, 15) is 9.59 Å². The van der Waals surface area contributed by atoms with Gasteiger partial charge in [0.05, 0.1) is 25.4 Å². The monoisotopic (exact) mass is 272 g/mol. The first-order valence-electron chi connectivity index (χ1n) is 6.74. The van der Waals surface area contributed by atoms with Gasteiger partial charge in [0.1, 0.15) is 0 Å². The molecule has 0 spiro atoms. The van der Waals surface area contributed by atoms with Gasteiger partial charge in [-0.3, -0.25) is 9.59 Å². The van der Waals surface area contributed by atoms with E-state index in [1.807, 2.05) is 20.8 Å². The van der Waals surface area contributed by atoms with Crippen molar-refractivity contribution in [2.45, 2.75) is 46.1 Å². The second-order valence-corrected chi connectivity index (χ2v) is 5.74. The molecular weight excluding hydrogens is 248 g/mol. The highest BCUT2D eigenvalue weighted by Gasteiger charge is 2.48. The highest BCUT2D eigenvalue weighted by Crippen LogP contribution is 2.31. The molecule has 1 aliphatic heterocycles. The topological polar surface area (TPSA) is 61.8 Å². The van der Waals surface area contributed by atoms with Gasteiger partial charge in [0.2, 0.25) is 0 Å². The fourth-order valence-corrected chi connectivity index (χ4v) is 2.02. The summed E-state index contributed by atoms with van der Waals surface area (Å²) in [6.07, 6.45) is 0.566. The zero-order valence-electron chi connectivity index (χ0n) is 12.3. The van der Waals surface area contributed by atoms with Crippen LogP contribution < -0.4 is 0 Å². The first-order chi connectivity index (χ1) is 8.82. The van der Waals surface area contributed by atoms with Gasteiger partial charge in [-0.2, -0.15) is 0 Å². The van der Waals surface area contributed by atoms with E-state index in [-0.39, 0.29) is 31.0 Å². The summed E-state index contributed by atoms with van der Waals surface area (Å²) in [7, 11) is 0. The maximum atomic E-state index is 12.2. The molecule has 1 aliphatic rings. The van der Waals surface area contributed by atoms with Crippen LogP contribution in [0.25, 0.3) is 0 Å². The van der Waals surface area contributed by atoms with E-state index < -0.39 is 11.4 Å². The quantitative estimate of drug-likeness (QED) is 0.563. The number of ether oxygens (including phenoxy) is 3. The van der Waals surface area contributed by atoms with Crippen LogP contribution >= 0.6 is 0 Å². The van der Waals surface area contributed by atoms with Crippen LogP contribution in [0, 0.1) is 5.41 Å². The van der Waals surface area contributed by atoms with Crippen molar-refractivity contribution in [1.29, 1.82) is 0 Å². The van der Waals surface area contributed by atoms with Gasteiger partial charge in [-0.15, -0.1) is 0 Å². The van der Waals surface area contributed by atoms with Gasteiger partial charge in [-0.1, -0.05) is 0 Å². The van der Waals surface area contributed by atoms with Crippen molar-refractivity contribution in [3.63, 3.8) is 0 Å². The lowest BCUT2D eigenvalue weighted by atomic mass is 9.78. The van der Waals surface area contributed by atoms with Crippen molar-refractivity contribution < 1.29 is 23.8 Å². The number of hydrogen-bond acceptors (Lipinski definition) is 5. The van der Waals surface area contributed by atoms with Crippen molar-refractivity contribution >= 4 is 11.8 Å². The zero-order chi connectivity index (χ0) is 14.5. The molecule has 5 heteroatoms. The average molecular weight is 272 g/mol. The molecule has 1 saturated heterocycles. The molecule has 110 valence electrons. The van der Waals surface area contributed by atoms with Crippen LogP contribution in [-0.4, -0.2) is 43.8 Å². The summed E-state index contributed by atoms with van der Waals surface area (Å²) in [4.78, 5) is 24.3. The van der Waals surface area contributed by atoms with E-state index in [1.54, 1.807) is 6.92 Å². The Labute approximate surface area is 114 Å². The Morgan fingerprint density at radius 1 is 1.42 bits per heavy atom. The molecule has 1 heterocycles. The summed E-state index contributed by atoms with van der Waals surface area (Å²) in [5.74, 6) is -0.591. The fourth-order valence-electron chi connectivity index (χ4n) is 2.02. The fraction of sp³-hybridized carbons (Fsp3) is 0.857. The number of hydrogen-bond donors (Lipinski definition) is 0. The summed E-state index contributed by atoms with van der Waals surface area (Å²) in [5.41, 5.74) is -1.48. The number of carbonyl (C=O) groups excluding carboxylic acids is 2. The highest BCUT2D eigenvalue weighted by atomic mass is 16.5. The molecule has 0 saturated carbocycles. The highest BCUT2D eigenvalue weighted by molar-refractivity contribution is 6.04. The van der Waals surface area contributed by atoms with Crippen LogP contribution in [-0.2, 0) is 23.8 Å². The molecule has 0 aromatic heterocycles. The minimum atomic E-state index is -1.18. The molecule has 0 aromatic carbocycles. The molecule has 19 heavy (non-hydrogen) atoms. The van der Waals surface area contributed by atoms with Gasteiger partial charge in [0.25, 0.3) is 0 Å². The molecule has 5 nitrogen and oxygen atoms in total. The third kappa shape index (κ3) is 4.28. The molecule has 0 N–H and O–H groups in total. The van der Waals surface area contributed by atoms with Gasteiger partial charge in [0, 0.05) is 13.0 Å². The standard InChI is InChI=1S/C14H24O5/c1-5-18-12(16)14(7-9-19-13(2,3)4)10-17-8-6-11(14)15/h5-10H2,1-4H3. The van der Waals surface area contributed by atoms with Crippen molar-refractivity contribution in [3.05, 3.63) is 0 Å². The predicted molar refractivity (Wildman–Crippen MR) is 69.8 cm³/mol. The molecule has 0 radical (unpaired) electrons. The molecule has 0 aromatic rings. The summed E-state index contributed by atoms with van der Waals surface area (Å²) in [6.45, 7) is 8.59. The Bertz CT molecular complexity index is 331. The lowest BCUT2D eigenvalue weighted by molar-refractivity contribution is -0.172. The largest absolute Gasteiger partial charge is 0.465 e. The van der Waals surface area contributed by atoms with Crippen LogP contribution in [0.5, 0.6) is 0 Å². The van der Waals surface area contributed by atoms with E-state index >= 15 is 0 Å². The molecule has 0 amide bonds. The van der Waals surface area contributed by atoms with Crippen LogP contribution in [0.3, 0.4) is 0 Å². The Morgan fingerprint density at radius 2 is 2.11 bits per heavy atom. The molecule has 1 atom stereocenters. The molecule has 1 rings (SSSR count). The molecule has 0 aliphatic carbocycles. The normalized spacial score (nSPS) is 24.3. The van der Waals surface area contributed by atoms with Gasteiger partial charge < -0.3 is 14.2 Å². The van der Waals surface area contributed by atoms with Crippen LogP contribution in [0.15, 0.2) is 0 Å². The SMILES string of the molecule is CCOC(=O)C1(CCOC(C)(C)C)COCCC1=O. The second-order valence-electron chi connectivity index (χ2n) is 5.74. The summed E-state index contributed by atoms with van der Waals surface area (Å²) >= 11 is 0. The van der Waals surface area contributed by atoms with E-state index in [4.69, 9.17) is 14.2 Å². The third-order valence-corrected chi connectivity index (χ3v) is 3.09. The predicted octanol–water partition coefficient (Wildman–Crippen LogP) is 1.73. The lowest BCUT2D eigenvalue weighted by Gasteiger charge is -2.33. The third-order valence-electron chi connectivity index (χ3n) is 3.09. The first kappa shape index (κ1) is 16.1. The smallest absolute Gasteiger partial charge is 0.322 e. The molecular formula is C14H24O5. The van der Waals surface area contributed by atoms with Gasteiger partial charge in [-0.25, -0.2) is 0 Å². The lowest BCUT2D eigenvalue weighted by Crippen LogP contribution is -2.49. The molecule has 1 fully saturated rings. The van der Waals surface area contributed by atoms with Gasteiger partial charge >= 0.3 is 5.97 Å². The number of carbonyl (C=O) groups is 2. The van der Waals surface area contributed by atoms with Gasteiger partial charge in [-0.05, 0) is 34.1 Å². The van der Waals surface area contributed by atoms with E-state index in [1.165, 1.54) is 0 Å². The minimum absolute atomic E-state index is 0.0954. The Hall–Kier alpha value is -0.940. The second kappa shape index (κ2) is 6.48. The number of ketones is 1. The van der Waals surface area contributed by atoms with Crippen molar-refractivity contribution in [2.24, 2.45) is 5.41 Å². The molecule has 1 unspecified atom stereocenters. The number of Topliss-reactive ketones (excluding diaryl/α,β-unsaturated/α-hetero) is 1.